The summed E-state index contributed by atoms with van der Waals surface area (Å²) in [5.41, 5.74) is 1.89. The summed E-state index contributed by atoms with van der Waals surface area (Å²) >= 11 is 0. The molecule has 6 rings (SSSR count). The molecule has 14 nitrogen and oxygen atoms in total. The second-order valence-electron chi connectivity index (χ2n) is 16.4. The molecule has 4 heterocycles. The number of quaternary nitrogens is 2. The maximum absolute atomic E-state index is 13.0. The van der Waals surface area contributed by atoms with Gasteiger partial charge in [0.2, 0.25) is 0 Å². The van der Waals surface area contributed by atoms with Crippen molar-refractivity contribution in [2.45, 2.75) is 141 Å². The number of ether oxygens (including phenoxy) is 6. The first-order valence-electron chi connectivity index (χ1n) is 19.6. The lowest BCUT2D eigenvalue weighted by molar-refractivity contribution is -0.961. The van der Waals surface area contributed by atoms with Crippen LogP contribution in [0.3, 0.4) is 0 Å². The van der Waals surface area contributed by atoms with Crippen LogP contribution in [0.15, 0.2) is 36.4 Å². The summed E-state index contributed by atoms with van der Waals surface area (Å²) in [4.78, 5) is 72.6. The van der Waals surface area contributed by atoms with Gasteiger partial charge < -0.3 is 71.4 Å². The van der Waals surface area contributed by atoms with Crippen molar-refractivity contribution in [1.29, 1.82) is 0 Å². The van der Waals surface area contributed by atoms with Crippen LogP contribution in [0.2, 0.25) is 0 Å². The van der Waals surface area contributed by atoms with E-state index in [1.165, 1.54) is 27.7 Å². The van der Waals surface area contributed by atoms with E-state index >= 15 is 0 Å². The van der Waals surface area contributed by atoms with E-state index in [1.807, 2.05) is 12.1 Å². The standard InChI is InChI=1S/C42H54N2O12.2BrH/c1-25(45)51-37-13-7-29(17-39(37)53-27(3)47)23-43(5)31-9-10-32(43)20-35(19-31)55-41(49)15-16-42(50)56-36-21-33-11-12-34(22-36)44(33,6)24-30-8-14-38(52-26(2)46)40(18-30)54-28(4)48;;/h7-8,13-14,17-18,31-36H,9-12,15-16,19-24H2,1-6H3;2*1H/q+2;;/p-2/t31-,32+,33-,34+,35?,36?,43?,44?;;. The van der Waals surface area contributed by atoms with Gasteiger partial charge in [-0.2, -0.15) is 0 Å². The molecule has 0 spiro atoms. The quantitative estimate of drug-likeness (QED) is 0.141. The molecule has 4 aliphatic rings. The minimum atomic E-state index is -0.506. The average Bonchev–Trinajstić information content (AvgIpc) is 3.33. The van der Waals surface area contributed by atoms with Gasteiger partial charge in [-0.25, -0.2) is 0 Å². The van der Waals surface area contributed by atoms with Crippen LogP contribution in [0.1, 0.15) is 103 Å². The number of piperidine rings is 2. The third kappa shape index (κ3) is 11.0. The summed E-state index contributed by atoms with van der Waals surface area (Å²) in [6, 6.07) is 11.6. The van der Waals surface area contributed by atoms with Gasteiger partial charge in [0.15, 0.2) is 23.0 Å². The predicted molar refractivity (Wildman–Crippen MR) is 199 cm³/mol. The fourth-order valence-corrected chi connectivity index (χ4v) is 9.83. The zero-order valence-corrected chi connectivity index (χ0v) is 37.1. The summed E-state index contributed by atoms with van der Waals surface area (Å²) in [6.45, 7) is 6.54. The zero-order valence-electron chi connectivity index (χ0n) is 34.0. The fourth-order valence-electron chi connectivity index (χ4n) is 9.83. The Balaban J connectivity index is 0.00000372. The molecule has 4 saturated heterocycles. The molecule has 0 N–H and O–H groups in total. The molecule has 4 aliphatic heterocycles. The number of fused-ring (bicyclic) bond motifs is 4. The van der Waals surface area contributed by atoms with E-state index < -0.39 is 35.8 Å². The SMILES string of the molecule is CC(=O)Oc1ccc(C[N+]2(C)[C@@H]3CC[C@H]2CC(OC(=O)CCC(=O)OC2C[C@H]4CC[C@@H](C2)[N+]4(C)Cc2ccc(OC(C)=O)c(OC(C)=O)c2)C3)cc1OC(C)=O.[Br-].[Br-]. The highest BCUT2D eigenvalue weighted by Gasteiger charge is 2.53. The molecule has 58 heavy (non-hydrogen) atoms. The predicted octanol–water partition coefficient (Wildman–Crippen LogP) is -0.757. The molecule has 0 aliphatic carbocycles. The molecule has 2 aromatic rings. The lowest BCUT2D eigenvalue weighted by atomic mass is 9.95. The lowest BCUT2D eigenvalue weighted by Crippen LogP contribution is -3.00. The smallest absolute Gasteiger partial charge is 0.308 e. The highest BCUT2D eigenvalue weighted by molar-refractivity contribution is 5.78. The van der Waals surface area contributed by atoms with E-state index in [4.69, 9.17) is 28.4 Å². The molecular weight excluding hydrogens is 884 g/mol. The second kappa shape index (κ2) is 19.5. The topological polar surface area (TPSA) is 158 Å². The van der Waals surface area contributed by atoms with E-state index in [1.54, 1.807) is 24.3 Å². The number of carbonyl (C=O) groups excluding carboxylic acids is 6. The first-order chi connectivity index (χ1) is 26.5. The van der Waals surface area contributed by atoms with Crippen molar-refractivity contribution >= 4 is 35.8 Å². The third-order valence-corrected chi connectivity index (χ3v) is 12.3. The Morgan fingerprint density at radius 1 is 0.500 bits per heavy atom. The minimum absolute atomic E-state index is 0. The first-order valence-corrected chi connectivity index (χ1v) is 19.6. The maximum Gasteiger partial charge on any atom is 0.308 e. The monoisotopic (exact) mass is 936 g/mol. The molecule has 0 amide bonds. The molecule has 4 fully saturated rings. The van der Waals surface area contributed by atoms with E-state index in [9.17, 15) is 28.8 Å². The van der Waals surface area contributed by atoms with Crippen molar-refractivity contribution in [3.05, 3.63) is 47.5 Å². The molecule has 318 valence electrons. The average molecular weight is 939 g/mol. The van der Waals surface area contributed by atoms with Crippen molar-refractivity contribution in [1.82, 2.24) is 0 Å². The van der Waals surface area contributed by atoms with Crippen molar-refractivity contribution in [2.75, 3.05) is 14.1 Å². The van der Waals surface area contributed by atoms with Gasteiger partial charge in [0.05, 0.1) is 51.1 Å². The van der Waals surface area contributed by atoms with Crippen molar-refractivity contribution < 1.29 is 100 Å². The molecule has 0 aromatic heterocycles. The van der Waals surface area contributed by atoms with Gasteiger partial charge in [0, 0.05) is 90.2 Å². The number of benzene rings is 2. The Kier molecular flexibility index (Phi) is 15.7. The van der Waals surface area contributed by atoms with E-state index in [2.05, 4.69) is 14.1 Å². The maximum atomic E-state index is 13.0. The largest absolute Gasteiger partial charge is 1.00 e. The van der Waals surface area contributed by atoms with Gasteiger partial charge in [0.1, 0.15) is 25.3 Å². The van der Waals surface area contributed by atoms with Crippen molar-refractivity contribution in [2.24, 2.45) is 0 Å². The Morgan fingerprint density at radius 2 is 0.793 bits per heavy atom. The van der Waals surface area contributed by atoms with Crippen molar-refractivity contribution in [3.8, 4) is 23.0 Å². The van der Waals surface area contributed by atoms with Gasteiger partial charge in [-0.05, 0) is 36.4 Å². The molecule has 0 radical (unpaired) electrons. The summed E-state index contributed by atoms with van der Waals surface area (Å²) in [7, 11) is 4.43. The molecular formula is C42H54Br2N2O12. The van der Waals surface area contributed by atoms with Crippen LogP contribution in [0.5, 0.6) is 23.0 Å². The summed E-state index contributed by atoms with van der Waals surface area (Å²) in [5, 5.41) is 0. The van der Waals surface area contributed by atoms with E-state index in [0.29, 0.717) is 13.1 Å². The third-order valence-electron chi connectivity index (χ3n) is 12.3. The molecule has 4 bridgehead atoms. The Labute approximate surface area is 360 Å². The highest BCUT2D eigenvalue weighted by Crippen LogP contribution is 2.46. The number of nitrogens with zero attached hydrogens (tertiary/aromatic N) is 2. The minimum Gasteiger partial charge on any atom is -1.00 e. The normalized spacial score (nSPS) is 27.8. The summed E-state index contributed by atoms with van der Waals surface area (Å²) < 4.78 is 34.6. The molecule has 0 saturated carbocycles. The molecule has 4 unspecified atom stereocenters. The number of halogens is 2. The Morgan fingerprint density at radius 3 is 1.09 bits per heavy atom. The number of rotatable bonds is 13. The Bertz CT molecular complexity index is 1730. The van der Waals surface area contributed by atoms with Gasteiger partial charge in [-0.1, -0.05) is 0 Å². The van der Waals surface area contributed by atoms with Crippen LogP contribution in [0.25, 0.3) is 0 Å². The second-order valence-corrected chi connectivity index (χ2v) is 16.4. The van der Waals surface area contributed by atoms with Crippen LogP contribution >= 0.6 is 0 Å². The van der Waals surface area contributed by atoms with E-state index in [-0.39, 0.29) is 106 Å². The number of hydrogen-bond acceptors (Lipinski definition) is 12. The highest BCUT2D eigenvalue weighted by atomic mass is 79.9. The number of hydrogen-bond donors (Lipinski definition) is 0. The Hall–Kier alpha value is -3.86. The van der Waals surface area contributed by atoms with Gasteiger partial charge >= 0.3 is 35.8 Å². The van der Waals surface area contributed by atoms with Gasteiger partial charge in [-0.3, -0.25) is 28.8 Å². The van der Waals surface area contributed by atoms with Crippen LogP contribution in [0.4, 0.5) is 0 Å². The summed E-state index contributed by atoms with van der Waals surface area (Å²) in [5.74, 6) is -2.00. The molecule has 8 atom stereocenters. The fraction of sp³-hybridized carbons (Fsp3) is 0.571. The van der Waals surface area contributed by atoms with Crippen LogP contribution in [0, 0.1) is 0 Å². The van der Waals surface area contributed by atoms with Crippen LogP contribution in [-0.4, -0.2) is 95.3 Å². The summed E-state index contributed by atoms with van der Waals surface area (Å²) in [6.07, 6.45) is 6.36. The van der Waals surface area contributed by atoms with E-state index in [0.717, 1.165) is 71.5 Å². The van der Waals surface area contributed by atoms with Gasteiger partial charge in [0.25, 0.3) is 0 Å². The zero-order chi connectivity index (χ0) is 40.4. The number of esters is 6. The van der Waals surface area contributed by atoms with Crippen LogP contribution in [-0.2, 0) is 51.3 Å². The van der Waals surface area contributed by atoms with Crippen LogP contribution < -0.4 is 52.9 Å². The lowest BCUT2D eigenvalue weighted by Gasteiger charge is -2.47. The van der Waals surface area contributed by atoms with Crippen molar-refractivity contribution in [3.63, 3.8) is 0 Å². The van der Waals surface area contributed by atoms with Gasteiger partial charge in [-0.15, -0.1) is 0 Å². The number of carbonyl (C=O) groups is 6. The molecule has 2 aromatic carbocycles. The molecule has 16 heteroatoms. The first kappa shape index (κ1) is 46.8.